The van der Waals surface area contributed by atoms with Gasteiger partial charge in [0, 0.05) is 19.3 Å². The number of amides is 1. The number of likely N-dealkylation sites (N-methyl/N-ethyl adjacent to an activating group) is 1. The average molecular weight is 402 g/mol. The molecule has 7 nitrogen and oxygen atoms in total. The van der Waals surface area contributed by atoms with Crippen molar-refractivity contribution in [1.29, 1.82) is 0 Å². The van der Waals surface area contributed by atoms with Crippen LogP contribution in [0.3, 0.4) is 0 Å². The normalized spacial score (nSPS) is 14.3. The average Bonchev–Trinajstić information content (AvgIpc) is 3.11. The molecule has 0 fully saturated rings. The number of carbonyl (C=O) groups excluding carboxylic acids is 2. The summed E-state index contributed by atoms with van der Waals surface area (Å²) in [6.45, 7) is 1.88. The fourth-order valence-electron chi connectivity index (χ4n) is 3.17. The van der Waals surface area contributed by atoms with E-state index in [2.05, 4.69) is 0 Å². The highest BCUT2D eigenvalue weighted by Crippen LogP contribution is 2.31. The zero-order valence-electron chi connectivity index (χ0n) is 16.0. The first kappa shape index (κ1) is 19.9. The molecule has 1 aliphatic heterocycles. The van der Waals surface area contributed by atoms with E-state index in [0.717, 1.165) is 11.8 Å². The van der Waals surface area contributed by atoms with Crippen molar-refractivity contribution in [3.8, 4) is 0 Å². The summed E-state index contributed by atoms with van der Waals surface area (Å²) >= 11 is 0. The van der Waals surface area contributed by atoms with Gasteiger partial charge in [0.1, 0.15) is 0 Å². The first-order valence-electron chi connectivity index (χ1n) is 8.82. The first-order valence-corrected chi connectivity index (χ1v) is 10.7. The van der Waals surface area contributed by atoms with Gasteiger partial charge in [0.2, 0.25) is 10.0 Å². The second-order valence-electron chi connectivity index (χ2n) is 6.71. The van der Waals surface area contributed by atoms with Gasteiger partial charge in [-0.1, -0.05) is 18.2 Å². The number of sulfonamides is 1. The topological polar surface area (TPSA) is 84.0 Å². The van der Waals surface area contributed by atoms with E-state index in [1.807, 2.05) is 18.2 Å². The Kier molecular flexibility index (Phi) is 5.42. The molecule has 1 heterocycles. The Bertz CT molecular complexity index is 1000. The van der Waals surface area contributed by atoms with Gasteiger partial charge < -0.3 is 9.64 Å². The molecule has 0 N–H and O–H groups in total. The molecule has 28 heavy (non-hydrogen) atoms. The highest BCUT2D eigenvalue weighted by atomic mass is 32.2. The molecule has 1 aliphatic rings. The van der Waals surface area contributed by atoms with Crippen LogP contribution in [-0.2, 0) is 26.0 Å². The lowest BCUT2D eigenvalue weighted by Crippen LogP contribution is -2.37. The SMILES string of the molecule is C[C@@H](OC(=O)c1ccc2c(c1)CCN2S(C)(=O)=O)C(=O)N(C)c1ccccc1. The first-order chi connectivity index (χ1) is 13.2. The molecular weight excluding hydrogens is 380 g/mol. The molecule has 8 heteroatoms. The number of para-hydroxylation sites is 1. The van der Waals surface area contributed by atoms with Crippen LogP contribution in [0.15, 0.2) is 48.5 Å². The maximum absolute atomic E-state index is 12.5. The Hall–Kier alpha value is -2.87. The van der Waals surface area contributed by atoms with E-state index in [-0.39, 0.29) is 11.5 Å². The third kappa shape index (κ3) is 4.01. The van der Waals surface area contributed by atoms with E-state index < -0.39 is 22.1 Å². The summed E-state index contributed by atoms with van der Waals surface area (Å²) in [5.41, 5.74) is 2.33. The van der Waals surface area contributed by atoms with Crippen LogP contribution in [-0.4, -0.2) is 46.2 Å². The second kappa shape index (κ2) is 7.63. The molecule has 1 atom stereocenters. The molecule has 0 radical (unpaired) electrons. The monoisotopic (exact) mass is 402 g/mol. The molecule has 0 spiro atoms. The van der Waals surface area contributed by atoms with Crippen LogP contribution >= 0.6 is 0 Å². The summed E-state index contributed by atoms with van der Waals surface area (Å²) < 4.78 is 30.3. The molecule has 2 aromatic rings. The summed E-state index contributed by atoms with van der Waals surface area (Å²) in [7, 11) is -1.73. The van der Waals surface area contributed by atoms with E-state index >= 15 is 0 Å². The molecule has 2 aromatic carbocycles. The van der Waals surface area contributed by atoms with Crippen molar-refractivity contribution in [3.05, 3.63) is 59.7 Å². The zero-order chi connectivity index (χ0) is 20.5. The number of nitrogens with zero attached hydrogens (tertiary/aromatic N) is 2. The molecule has 0 saturated heterocycles. The fourth-order valence-corrected chi connectivity index (χ4v) is 4.13. The lowest BCUT2D eigenvalue weighted by Gasteiger charge is -2.21. The van der Waals surface area contributed by atoms with Gasteiger partial charge in [0.15, 0.2) is 6.10 Å². The Morgan fingerprint density at radius 2 is 1.82 bits per heavy atom. The molecule has 0 aliphatic carbocycles. The molecule has 3 rings (SSSR count). The van der Waals surface area contributed by atoms with E-state index in [4.69, 9.17) is 4.74 Å². The predicted octanol–water partition coefficient (Wildman–Crippen LogP) is 2.22. The fraction of sp³-hybridized carbons (Fsp3) is 0.300. The van der Waals surface area contributed by atoms with Crippen molar-refractivity contribution in [3.63, 3.8) is 0 Å². The van der Waals surface area contributed by atoms with E-state index in [0.29, 0.717) is 24.3 Å². The summed E-state index contributed by atoms with van der Waals surface area (Å²) in [6, 6.07) is 13.8. The van der Waals surface area contributed by atoms with Gasteiger partial charge >= 0.3 is 5.97 Å². The van der Waals surface area contributed by atoms with Gasteiger partial charge in [-0.2, -0.15) is 0 Å². The maximum Gasteiger partial charge on any atom is 0.338 e. The molecular formula is C20H22N2O5S. The number of hydrogen-bond donors (Lipinski definition) is 0. The number of carbonyl (C=O) groups is 2. The molecule has 0 bridgehead atoms. The summed E-state index contributed by atoms with van der Waals surface area (Å²) in [4.78, 5) is 26.4. The minimum absolute atomic E-state index is 0.288. The highest BCUT2D eigenvalue weighted by molar-refractivity contribution is 7.92. The van der Waals surface area contributed by atoms with Crippen LogP contribution in [0.2, 0.25) is 0 Å². The Labute approximate surface area is 164 Å². The van der Waals surface area contributed by atoms with E-state index in [1.165, 1.54) is 22.2 Å². The second-order valence-corrected chi connectivity index (χ2v) is 8.62. The number of esters is 1. The van der Waals surface area contributed by atoms with Gasteiger partial charge in [-0.05, 0) is 49.2 Å². The third-order valence-electron chi connectivity index (χ3n) is 4.67. The van der Waals surface area contributed by atoms with Crippen LogP contribution in [0, 0.1) is 0 Å². The van der Waals surface area contributed by atoms with Crippen LogP contribution in [0.5, 0.6) is 0 Å². The number of anilines is 2. The quantitative estimate of drug-likeness (QED) is 0.716. The minimum atomic E-state index is -3.35. The maximum atomic E-state index is 12.5. The summed E-state index contributed by atoms with van der Waals surface area (Å²) in [6.07, 6.45) is 0.716. The summed E-state index contributed by atoms with van der Waals surface area (Å²) in [5, 5.41) is 0. The zero-order valence-corrected chi connectivity index (χ0v) is 16.8. The van der Waals surface area contributed by atoms with Crippen molar-refractivity contribution in [2.24, 2.45) is 0 Å². The van der Waals surface area contributed by atoms with Crippen LogP contribution in [0.25, 0.3) is 0 Å². The standard InChI is InChI=1S/C20H22N2O5S/c1-14(19(23)21(2)17-7-5-4-6-8-17)27-20(24)16-9-10-18-15(13-16)11-12-22(18)28(3,25)26/h4-10,13-14H,11-12H2,1-3H3/t14-/m1/s1. The Balaban J connectivity index is 1.71. The number of ether oxygens (including phenoxy) is 1. The number of fused-ring (bicyclic) bond motifs is 1. The molecule has 148 valence electrons. The van der Waals surface area contributed by atoms with Crippen LogP contribution in [0.4, 0.5) is 11.4 Å². The van der Waals surface area contributed by atoms with Gasteiger partial charge in [-0.3, -0.25) is 9.10 Å². The van der Waals surface area contributed by atoms with Gasteiger partial charge in [-0.25, -0.2) is 13.2 Å². The molecule has 0 saturated carbocycles. The summed E-state index contributed by atoms with van der Waals surface area (Å²) in [5.74, 6) is -0.966. The number of benzene rings is 2. The predicted molar refractivity (Wildman–Crippen MR) is 107 cm³/mol. The van der Waals surface area contributed by atoms with Crippen LogP contribution in [0.1, 0.15) is 22.8 Å². The van der Waals surface area contributed by atoms with Crippen molar-refractivity contribution in [1.82, 2.24) is 0 Å². The van der Waals surface area contributed by atoms with E-state index in [1.54, 1.807) is 31.3 Å². The molecule has 0 aromatic heterocycles. The lowest BCUT2D eigenvalue weighted by molar-refractivity contribution is -0.126. The number of hydrogen-bond acceptors (Lipinski definition) is 5. The van der Waals surface area contributed by atoms with Crippen LogP contribution < -0.4 is 9.21 Å². The minimum Gasteiger partial charge on any atom is -0.449 e. The molecule has 1 amide bonds. The smallest absolute Gasteiger partial charge is 0.338 e. The largest absolute Gasteiger partial charge is 0.449 e. The van der Waals surface area contributed by atoms with Crippen molar-refractivity contribution < 1.29 is 22.7 Å². The molecule has 0 unspecified atom stereocenters. The van der Waals surface area contributed by atoms with Crippen molar-refractivity contribution in [2.75, 3.05) is 29.1 Å². The third-order valence-corrected chi connectivity index (χ3v) is 5.85. The van der Waals surface area contributed by atoms with Crippen molar-refractivity contribution in [2.45, 2.75) is 19.4 Å². The van der Waals surface area contributed by atoms with Gasteiger partial charge in [-0.15, -0.1) is 0 Å². The lowest BCUT2D eigenvalue weighted by atomic mass is 10.1. The highest BCUT2D eigenvalue weighted by Gasteiger charge is 2.28. The van der Waals surface area contributed by atoms with Gasteiger partial charge in [0.05, 0.1) is 17.5 Å². The van der Waals surface area contributed by atoms with Crippen molar-refractivity contribution >= 4 is 33.3 Å². The Morgan fingerprint density at radius 3 is 2.46 bits per heavy atom. The van der Waals surface area contributed by atoms with E-state index in [9.17, 15) is 18.0 Å². The van der Waals surface area contributed by atoms with Gasteiger partial charge in [0.25, 0.3) is 5.91 Å². The number of rotatable bonds is 5. The Morgan fingerprint density at radius 1 is 1.14 bits per heavy atom.